The summed E-state index contributed by atoms with van der Waals surface area (Å²) in [5.41, 5.74) is 0.683. The van der Waals surface area contributed by atoms with Crippen molar-refractivity contribution in [3.8, 4) is 5.88 Å². The molecule has 0 bridgehead atoms. The normalized spacial score (nSPS) is 11.7. The van der Waals surface area contributed by atoms with E-state index in [2.05, 4.69) is 15.0 Å². The van der Waals surface area contributed by atoms with Crippen molar-refractivity contribution in [1.29, 1.82) is 0 Å². The SMILES string of the molecule is CCOc1ncccc1NC(C)C(=O)OC. The summed E-state index contributed by atoms with van der Waals surface area (Å²) in [4.78, 5) is 15.3. The molecule has 1 N–H and O–H groups in total. The molecule has 0 aliphatic rings. The number of hydrogen-bond donors (Lipinski definition) is 1. The highest BCUT2D eigenvalue weighted by Crippen LogP contribution is 2.21. The minimum Gasteiger partial charge on any atom is -0.476 e. The molecule has 0 fully saturated rings. The Balaban J connectivity index is 2.75. The van der Waals surface area contributed by atoms with E-state index in [-0.39, 0.29) is 5.97 Å². The molecule has 88 valence electrons. The maximum atomic E-state index is 11.2. The van der Waals surface area contributed by atoms with Gasteiger partial charge in [0.2, 0.25) is 5.88 Å². The lowest BCUT2D eigenvalue weighted by Gasteiger charge is -2.15. The number of nitrogens with one attached hydrogen (secondary N) is 1. The highest BCUT2D eigenvalue weighted by Gasteiger charge is 2.14. The average molecular weight is 224 g/mol. The predicted molar refractivity (Wildman–Crippen MR) is 60.5 cm³/mol. The van der Waals surface area contributed by atoms with Crippen molar-refractivity contribution in [3.05, 3.63) is 18.3 Å². The van der Waals surface area contributed by atoms with E-state index < -0.39 is 6.04 Å². The van der Waals surface area contributed by atoms with E-state index in [4.69, 9.17) is 4.74 Å². The summed E-state index contributed by atoms with van der Waals surface area (Å²) in [6.07, 6.45) is 1.64. The van der Waals surface area contributed by atoms with Crippen LogP contribution in [-0.2, 0) is 9.53 Å². The van der Waals surface area contributed by atoms with E-state index in [1.165, 1.54) is 7.11 Å². The van der Waals surface area contributed by atoms with Crippen LogP contribution < -0.4 is 10.1 Å². The molecule has 1 aromatic rings. The lowest BCUT2D eigenvalue weighted by atomic mass is 10.3. The molecule has 1 aromatic heterocycles. The van der Waals surface area contributed by atoms with Gasteiger partial charge in [0.1, 0.15) is 6.04 Å². The fourth-order valence-corrected chi connectivity index (χ4v) is 1.22. The Hall–Kier alpha value is -1.78. The number of esters is 1. The highest BCUT2D eigenvalue weighted by molar-refractivity contribution is 5.79. The van der Waals surface area contributed by atoms with Gasteiger partial charge in [-0.2, -0.15) is 0 Å². The van der Waals surface area contributed by atoms with Crippen LogP contribution in [0.1, 0.15) is 13.8 Å². The lowest BCUT2D eigenvalue weighted by Crippen LogP contribution is -2.27. The number of rotatable bonds is 5. The minimum atomic E-state index is -0.437. The van der Waals surface area contributed by atoms with Gasteiger partial charge in [0, 0.05) is 6.20 Å². The molecular formula is C11H16N2O3. The molecule has 0 aliphatic heterocycles. The number of aromatic nitrogens is 1. The van der Waals surface area contributed by atoms with E-state index in [9.17, 15) is 4.79 Å². The van der Waals surface area contributed by atoms with Crippen molar-refractivity contribution in [3.63, 3.8) is 0 Å². The fourth-order valence-electron chi connectivity index (χ4n) is 1.22. The van der Waals surface area contributed by atoms with Crippen LogP contribution in [0, 0.1) is 0 Å². The van der Waals surface area contributed by atoms with Crippen LogP contribution in [0.15, 0.2) is 18.3 Å². The first kappa shape index (κ1) is 12.3. The number of hydrogen-bond acceptors (Lipinski definition) is 5. The molecule has 0 aromatic carbocycles. The first-order chi connectivity index (χ1) is 7.69. The molecule has 16 heavy (non-hydrogen) atoms. The molecule has 0 saturated carbocycles. The molecule has 5 heteroatoms. The molecule has 1 rings (SSSR count). The molecule has 0 radical (unpaired) electrons. The van der Waals surface area contributed by atoms with Crippen LogP contribution >= 0.6 is 0 Å². The minimum absolute atomic E-state index is 0.327. The Morgan fingerprint density at radius 3 is 3.00 bits per heavy atom. The third-order valence-electron chi connectivity index (χ3n) is 1.98. The van der Waals surface area contributed by atoms with E-state index in [0.717, 1.165) is 0 Å². The lowest BCUT2D eigenvalue weighted by molar-refractivity contribution is -0.141. The Kier molecular flexibility index (Phi) is 4.57. The molecule has 0 spiro atoms. The van der Waals surface area contributed by atoms with Crippen molar-refractivity contribution < 1.29 is 14.3 Å². The Bertz CT molecular complexity index is 355. The molecule has 1 unspecified atom stereocenters. The largest absolute Gasteiger partial charge is 0.476 e. The quantitative estimate of drug-likeness (QED) is 0.767. The van der Waals surface area contributed by atoms with E-state index in [1.54, 1.807) is 25.3 Å². The van der Waals surface area contributed by atoms with E-state index in [1.807, 2.05) is 6.92 Å². The van der Waals surface area contributed by atoms with Gasteiger partial charge < -0.3 is 14.8 Å². The highest BCUT2D eigenvalue weighted by atomic mass is 16.5. The van der Waals surface area contributed by atoms with Crippen molar-refractivity contribution in [2.45, 2.75) is 19.9 Å². The molecule has 5 nitrogen and oxygen atoms in total. The van der Waals surface area contributed by atoms with Gasteiger partial charge in [0.05, 0.1) is 19.4 Å². The van der Waals surface area contributed by atoms with Crippen LogP contribution in [-0.4, -0.2) is 30.7 Å². The molecule has 0 aliphatic carbocycles. The molecule has 1 heterocycles. The van der Waals surface area contributed by atoms with Gasteiger partial charge in [0.25, 0.3) is 0 Å². The number of methoxy groups -OCH3 is 1. The Morgan fingerprint density at radius 2 is 2.38 bits per heavy atom. The van der Waals surface area contributed by atoms with Gasteiger partial charge in [0.15, 0.2) is 0 Å². The van der Waals surface area contributed by atoms with Gasteiger partial charge >= 0.3 is 5.97 Å². The standard InChI is InChI=1S/C11H16N2O3/c1-4-16-10-9(6-5-7-12-10)13-8(2)11(14)15-3/h5-8,13H,4H2,1-3H3. The van der Waals surface area contributed by atoms with Crippen molar-refractivity contribution in [1.82, 2.24) is 4.98 Å². The van der Waals surface area contributed by atoms with Crippen LogP contribution in [0.2, 0.25) is 0 Å². The third kappa shape index (κ3) is 3.12. The fraction of sp³-hybridized carbons (Fsp3) is 0.455. The second kappa shape index (κ2) is 5.95. The number of nitrogens with zero attached hydrogens (tertiary/aromatic N) is 1. The van der Waals surface area contributed by atoms with Crippen LogP contribution in [0.3, 0.4) is 0 Å². The number of pyridine rings is 1. The van der Waals surface area contributed by atoms with Gasteiger partial charge in [-0.1, -0.05) is 0 Å². The predicted octanol–water partition coefficient (Wildman–Crippen LogP) is 1.45. The molecular weight excluding hydrogens is 208 g/mol. The number of anilines is 1. The first-order valence-electron chi connectivity index (χ1n) is 5.11. The molecule has 1 atom stereocenters. The number of ether oxygens (including phenoxy) is 2. The maximum Gasteiger partial charge on any atom is 0.327 e. The van der Waals surface area contributed by atoms with E-state index in [0.29, 0.717) is 18.2 Å². The summed E-state index contributed by atoms with van der Waals surface area (Å²) >= 11 is 0. The first-order valence-corrected chi connectivity index (χ1v) is 5.11. The zero-order chi connectivity index (χ0) is 12.0. The summed E-state index contributed by atoms with van der Waals surface area (Å²) in [5.74, 6) is 0.159. The van der Waals surface area contributed by atoms with Crippen LogP contribution in [0.5, 0.6) is 5.88 Å². The van der Waals surface area contributed by atoms with Gasteiger partial charge in [-0.15, -0.1) is 0 Å². The number of carbonyl (C=O) groups excluding carboxylic acids is 1. The van der Waals surface area contributed by atoms with Crippen molar-refractivity contribution in [2.24, 2.45) is 0 Å². The summed E-state index contributed by atoms with van der Waals surface area (Å²) in [6.45, 7) is 4.12. The van der Waals surface area contributed by atoms with Gasteiger partial charge in [-0.3, -0.25) is 0 Å². The van der Waals surface area contributed by atoms with Gasteiger partial charge in [-0.05, 0) is 26.0 Å². The van der Waals surface area contributed by atoms with Crippen LogP contribution in [0.4, 0.5) is 5.69 Å². The Morgan fingerprint density at radius 1 is 1.62 bits per heavy atom. The summed E-state index contributed by atoms with van der Waals surface area (Å²) in [5, 5.41) is 2.98. The van der Waals surface area contributed by atoms with E-state index >= 15 is 0 Å². The monoisotopic (exact) mass is 224 g/mol. The third-order valence-corrected chi connectivity index (χ3v) is 1.98. The zero-order valence-corrected chi connectivity index (χ0v) is 9.69. The van der Waals surface area contributed by atoms with Crippen LogP contribution in [0.25, 0.3) is 0 Å². The molecule has 0 saturated heterocycles. The summed E-state index contributed by atoms with van der Waals surface area (Å²) in [7, 11) is 1.35. The van der Waals surface area contributed by atoms with Crippen molar-refractivity contribution >= 4 is 11.7 Å². The summed E-state index contributed by atoms with van der Waals surface area (Å²) < 4.78 is 9.95. The number of carbonyl (C=O) groups is 1. The van der Waals surface area contributed by atoms with Crippen molar-refractivity contribution in [2.75, 3.05) is 19.0 Å². The smallest absolute Gasteiger partial charge is 0.327 e. The Labute approximate surface area is 94.8 Å². The maximum absolute atomic E-state index is 11.2. The second-order valence-corrected chi connectivity index (χ2v) is 3.18. The topological polar surface area (TPSA) is 60.5 Å². The zero-order valence-electron chi connectivity index (χ0n) is 9.69. The summed E-state index contributed by atoms with van der Waals surface area (Å²) in [6, 6.07) is 3.14. The second-order valence-electron chi connectivity index (χ2n) is 3.18. The average Bonchev–Trinajstić information content (AvgIpc) is 2.31. The molecule has 0 amide bonds. The van der Waals surface area contributed by atoms with Gasteiger partial charge in [-0.25, -0.2) is 9.78 Å².